The Morgan fingerprint density at radius 1 is 0.511 bits per heavy atom. The van der Waals surface area contributed by atoms with Crippen LogP contribution in [0.4, 0.5) is 0 Å². The van der Waals surface area contributed by atoms with E-state index in [0.29, 0.717) is 11.1 Å². The van der Waals surface area contributed by atoms with E-state index in [4.69, 9.17) is 0 Å². The van der Waals surface area contributed by atoms with Gasteiger partial charge < -0.3 is 0 Å². The summed E-state index contributed by atoms with van der Waals surface area (Å²) in [5.74, 6) is 0. The summed E-state index contributed by atoms with van der Waals surface area (Å²) < 4.78 is 0. The largest absolute Gasteiger partial charge is 0.0722 e. The third-order valence-corrected chi connectivity index (χ3v) is 15.1. The third-order valence-electron chi connectivity index (χ3n) is 10.7. The molecule has 0 bridgehead atoms. The van der Waals surface area contributed by atoms with Crippen LogP contribution in [-0.4, -0.2) is 8.07 Å². The molecule has 0 amide bonds. The van der Waals surface area contributed by atoms with Gasteiger partial charge in [0.15, 0.2) is 0 Å². The van der Waals surface area contributed by atoms with Gasteiger partial charge in [-0.15, -0.1) is 0 Å². The Kier molecular flexibility index (Phi) is 8.01. The Labute approximate surface area is 274 Å². The molecule has 2 aliphatic carbocycles. The number of hydrogen-bond acceptors (Lipinski definition) is 0. The topological polar surface area (TPSA) is 0 Å². The zero-order valence-corrected chi connectivity index (χ0v) is 30.3. The van der Waals surface area contributed by atoms with Gasteiger partial charge in [0.25, 0.3) is 0 Å². The first-order chi connectivity index (χ1) is 21.3. The van der Waals surface area contributed by atoms with Gasteiger partial charge in [0.2, 0.25) is 0 Å². The lowest BCUT2D eigenvalue weighted by atomic mass is 9.86. The van der Waals surface area contributed by atoms with Gasteiger partial charge in [-0.1, -0.05) is 177 Å². The van der Waals surface area contributed by atoms with E-state index in [1.807, 2.05) is 0 Å². The molecule has 4 aromatic carbocycles. The van der Waals surface area contributed by atoms with E-state index >= 15 is 0 Å². The normalized spacial score (nSPS) is 18.0. The Hall–Kier alpha value is -3.42. The van der Waals surface area contributed by atoms with Crippen LogP contribution in [0.3, 0.4) is 0 Å². The molecular formula is C44H52Si. The molecule has 2 atom stereocenters. The SMILES string of the molecule is CCC1=Cc2c(-c3ccc(C(C)(C)C)cc3)cccc2C1[Si](C)(C)C1C(CC)=Cc2c(-c3ccc(C(C)(C)C)cc3)cccc21. The summed E-state index contributed by atoms with van der Waals surface area (Å²) in [5.41, 5.74) is 18.8. The van der Waals surface area contributed by atoms with E-state index in [9.17, 15) is 0 Å². The Morgan fingerprint density at radius 3 is 1.18 bits per heavy atom. The summed E-state index contributed by atoms with van der Waals surface area (Å²) in [6, 6.07) is 32.9. The third kappa shape index (κ3) is 5.52. The van der Waals surface area contributed by atoms with Crippen LogP contribution in [-0.2, 0) is 10.8 Å². The smallest absolute Gasteiger partial charge is 0.0679 e. The summed E-state index contributed by atoms with van der Waals surface area (Å²) >= 11 is 0. The molecule has 4 aromatic rings. The summed E-state index contributed by atoms with van der Waals surface area (Å²) in [6.07, 6.45) is 7.34. The molecule has 1 heteroatoms. The molecule has 0 saturated carbocycles. The lowest BCUT2D eigenvalue weighted by Gasteiger charge is -2.40. The maximum absolute atomic E-state index is 2.68. The van der Waals surface area contributed by atoms with E-state index in [2.05, 4.69) is 166 Å². The summed E-state index contributed by atoms with van der Waals surface area (Å²) in [5, 5.41) is 0. The average molecular weight is 609 g/mol. The molecule has 0 saturated heterocycles. The molecule has 45 heavy (non-hydrogen) atoms. The molecule has 2 unspecified atom stereocenters. The molecule has 0 N–H and O–H groups in total. The maximum atomic E-state index is 2.68. The summed E-state index contributed by atoms with van der Waals surface area (Å²) in [7, 11) is -1.96. The lowest BCUT2D eigenvalue weighted by molar-refractivity contribution is 0.590. The first kappa shape index (κ1) is 31.6. The van der Waals surface area contributed by atoms with Gasteiger partial charge in [0.1, 0.15) is 0 Å². The van der Waals surface area contributed by atoms with Crippen molar-refractivity contribution in [3.05, 3.63) is 129 Å². The molecule has 0 heterocycles. The van der Waals surface area contributed by atoms with Crippen LogP contribution in [0, 0.1) is 0 Å². The molecule has 2 aliphatic rings. The van der Waals surface area contributed by atoms with E-state index in [0.717, 1.165) is 12.8 Å². The van der Waals surface area contributed by atoms with Gasteiger partial charge in [0, 0.05) is 11.1 Å². The van der Waals surface area contributed by atoms with Crippen molar-refractivity contribution in [2.45, 2.75) is 103 Å². The minimum atomic E-state index is -1.96. The van der Waals surface area contributed by atoms with Crippen LogP contribution < -0.4 is 0 Å². The first-order valence-corrected chi connectivity index (χ1v) is 20.3. The van der Waals surface area contributed by atoms with Gasteiger partial charge in [-0.3, -0.25) is 0 Å². The fourth-order valence-electron chi connectivity index (χ4n) is 8.27. The van der Waals surface area contributed by atoms with Crippen LogP contribution in [0.2, 0.25) is 13.1 Å². The zero-order valence-electron chi connectivity index (χ0n) is 29.3. The van der Waals surface area contributed by atoms with E-state index in [1.165, 1.54) is 44.5 Å². The van der Waals surface area contributed by atoms with E-state index < -0.39 is 8.07 Å². The second-order valence-corrected chi connectivity index (χ2v) is 20.9. The minimum absolute atomic E-state index is 0.158. The van der Waals surface area contributed by atoms with Crippen molar-refractivity contribution >= 4 is 20.2 Å². The monoisotopic (exact) mass is 608 g/mol. The lowest BCUT2D eigenvalue weighted by Crippen LogP contribution is -2.42. The number of hydrogen-bond donors (Lipinski definition) is 0. The number of fused-ring (bicyclic) bond motifs is 2. The Balaban J connectivity index is 1.42. The van der Waals surface area contributed by atoms with Crippen molar-refractivity contribution < 1.29 is 0 Å². The van der Waals surface area contributed by atoms with Gasteiger partial charge in [-0.05, 0) is 79.3 Å². The van der Waals surface area contributed by atoms with Crippen molar-refractivity contribution in [3.63, 3.8) is 0 Å². The molecule has 0 nitrogen and oxygen atoms in total. The molecule has 0 spiro atoms. The van der Waals surface area contributed by atoms with Crippen molar-refractivity contribution in [1.29, 1.82) is 0 Å². The quantitative estimate of drug-likeness (QED) is 0.191. The maximum Gasteiger partial charge on any atom is 0.0722 e. The predicted octanol–water partition coefficient (Wildman–Crippen LogP) is 12.9. The molecular weight excluding hydrogens is 557 g/mol. The standard InChI is InChI=1S/C44H52Si/c1-11-29-27-39-35(31-19-23-33(24-20-31)43(3,4)5)15-13-17-37(39)41(29)45(9,10)42-30(12-2)28-40-36(16-14-18-38(40)42)32-21-25-34(26-22-32)44(6,7)8/h13-28,41-42H,11-12H2,1-10H3. The first-order valence-electron chi connectivity index (χ1n) is 17.1. The number of rotatable bonds is 6. The number of allylic oxidation sites excluding steroid dienone is 2. The van der Waals surface area contributed by atoms with Crippen LogP contribution in [0.1, 0.15) is 113 Å². The van der Waals surface area contributed by atoms with Gasteiger partial charge in [-0.25, -0.2) is 0 Å². The van der Waals surface area contributed by atoms with Crippen molar-refractivity contribution in [3.8, 4) is 22.3 Å². The molecule has 0 radical (unpaired) electrons. The molecule has 0 aromatic heterocycles. The average Bonchev–Trinajstić information content (AvgIpc) is 3.60. The molecule has 0 fully saturated rings. The fourth-order valence-corrected chi connectivity index (χ4v) is 13.2. The van der Waals surface area contributed by atoms with Crippen LogP contribution in [0.15, 0.2) is 96.1 Å². The fraction of sp³-hybridized carbons (Fsp3) is 0.364. The van der Waals surface area contributed by atoms with Crippen molar-refractivity contribution in [2.75, 3.05) is 0 Å². The summed E-state index contributed by atoms with van der Waals surface area (Å²) in [6.45, 7) is 23.8. The summed E-state index contributed by atoms with van der Waals surface area (Å²) in [4.78, 5) is 0. The molecule has 232 valence electrons. The zero-order chi connectivity index (χ0) is 32.3. The van der Waals surface area contributed by atoms with Crippen LogP contribution >= 0.6 is 0 Å². The predicted molar refractivity (Wildman–Crippen MR) is 201 cm³/mol. The van der Waals surface area contributed by atoms with Crippen LogP contribution in [0.25, 0.3) is 34.4 Å². The highest BCUT2D eigenvalue weighted by molar-refractivity contribution is 6.81. The second-order valence-electron chi connectivity index (χ2n) is 16.1. The Morgan fingerprint density at radius 2 is 0.867 bits per heavy atom. The Bertz CT molecular complexity index is 1650. The van der Waals surface area contributed by atoms with E-state index in [1.54, 1.807) is 22.3 Å². The van der Waals surface area contributed by atoms with Crippen molar-refractivity contribution in [2.24, 2.45) is 0 Å². The van der Waals surface area contributed by atoms with Gasteiger partial charge >= 0.3 is 0 Å². The minimum Gasteiger partial charge on any atom is -0.0679 e. The highest BCUT2D eigenvalue weighted by Gasteiger charge is 2.48. The molecule has 6 rings (SSSR count). The van der Waals surface area contributed by atoms with Crippen LogP contribution in [0.5, 0.6) is 0 Å². The van der Waals surface area contributed by atoms with E-state index in [-0.39, 0.29) is 10.8 Å². The number of benzene rings is 4. The van der Waals surface area contributed by atoms with Gasteiger partial charge in [0.05, 0.1) is 8.07 Å². The molecule has 0 aliphatic heterocycles. The van der Waals surface area contributed by atoms with Crippen molar-refractivity contribution in [1.82, 2.24) is 0 Å². The highest BCUT2D eigenvalue weighted by atomic mass is 28.3. The van der Waals surface area contributed by atoms with Gasteiger partial charge in [-0.2, -0.15) is 0 Å². The second kappa shape index (κ2) is 11.4. The highest BCUT2D eigenvalue weighted by Crippen LogP contribution is 2.55.